The molecule has 0 radical (unpaired) electrons. The number of anilines is 1. The average molecular weight is 302 g/mol. The largest absolute Gasteiger partial charge is 0.361 e. The summed E-state index contributed by atoms with van der Waals surface area (Å²) in [5, 5.41) is 6.64. The van der Waals surface area contributed by atoms with Gasteiger partial charge in [-0.1, -0.05) is 37.3 Å². The zero-order chi connectivity index (χ0) is 14.2. The van der Waals surface area contributed by atoms with E-state index >= 15 is 0 Å². The maximum atomic E-state index is 4.65. The summed E-state index contributed by atoms with van der Waals surface area (Å²) < 4.78 is 1.25. The van der Waals surface area contributed by atoms with Crippen LogP contribution in [0.3, 0.4) is 0 Å². The van der Waals surface area contributed by atoms with Crippen LogP contribution in [0.5, 0.6) is 0 Å². The molecule has 0 amide bonds. The van der Waals surface area contributed by atoms with Crippen molar-refractivity contribution in [1.82, 2.24) is 4.98 Å². The Balaban J connectivity index is 1.77. The maximum absolute atomic E-state index is 4.65. The molecule has 0 aliphatic rings. The van der Waals surface area contributed by atoms with E-state index in [-0.39, 0.29) is 5.41 Å². The monoisotopic (exact) mass is 302 g/mol. The van der Waals surface area contributed by atoms with Gasteiger partial charge in [0, 0.05) is 16.8 Å². The molecule has 1 N–H and O–H groups in total. The number of fused-ring (bicyclic) bond motifs is 1. The van der Waals surface area contributed by atoms with Gasteiger partial charge in [0.15, 0.2) is 5.13 Å². The number of aromatic nitrogens is 1. The summed E-state index contributed by atoms with van der Waals surface area (Å²) >= 11 is 3.55. The van der Waals surface area contributed by atoms with Crippen LogP contribution in [0.1, 0.15) is 24.3 Å². The molecule has 0 fully saturated rings. The SMILES string of the molecule is Cc1ccc2nc(NCC(C)(C)c3cccs3)sc2c1. The van der Waals surface area contributed by atoms with E-state index in [1.54, 1.807) is 11.3 Å². The number of hydrogen-bond donors (Lipinski definition) is 1. The normalized spacial score (nSPS) is 11.9. The van der Waals surface area contributed by atoms with Crippen molar-refractivity contribution in [3.8, 4) is 0 Å². The van der Waals surface area contributed by atoms with Crippen LogP contribution < -0.4 is 5.32 Å². The molecule has 0 saturated carbocycles. The van der Waals surface area contributed by atoms with Gasteiger partial charge in [-0.25, -0.2) is 4.98 Å². The molecule has 3 aromatic rings. The lowest BCUT2D eigenvalue weighted by atomic mass is 9.91. The van der Waals surface area contributed by atoms with Crippen molar-refractivity contribution in [2.45, 2.75) is 26.2 Å². The summed E-state index contributed by atoms with van der Waals surface area (Å²) in [5.74, 6) is 0. The van der Waals surface area contributed by atoms with Crippen molar-refractivity contribution in [3.05, 3.63) is 46.2 Å². The van der Waals surface area contributed by atoms with Crippen molar-refractivity contribution < 1.29 is 0 Å². The Kier molecular flexibility index (Phi) is 3.52. The molecule has 0 spiro atoms. The van der Waals surface area contributed by atoms with E-state index in [0.717, 1.165) is 17.2 Å². The highest BCUT2D eigenvalue weighted by Gasteiger charge is 2.21. The van der Waals surface area contributed by atoms with Gasteiger partial charge < -0.3 is 5.32 Å². The number of benzene rings is 1. The zero-order valence-corrected chi connectivity index (χ0v) is 13.6. The highest BCUT2D eigenvalue weighted by Crippen LogP contribution is 2.30. The van der Waals surface area contributed by atoms with Crippen LogP contribution in [0.2, 0.25) is 0 Å². The standard InChI is InChI=1S/C16H18N2S2/c1-11-6-7-12-13(9-11)20-15(18-12)17-10-16(2,3)14-5-4-8-19-14/h4-9H,10H2,1-3H3,(H,17,18). The molecule has 2 aromatic heterocycles. The van der Waals surface area contributed by atoms with Gasteiger partial charge in [-0.05, 0) is 36.1 Å². The Morgan fingerprint density at radius 1 is 1.25 bits per heavy atom. The number of nitrogens with zero attached hydrogens (tertiary/aromatic N) is 1. The molecular weight excluding hydrogens is 284 g/mol. The number of rotatable bonds is 4. The molecule has 1 aromatic carbocycles. The van der Waals surface area contributed by atoms with Crippen molar-refractivity contribution in [1.29, 1.82) is 0 Å². The Morgan fingerprint density at radius 3 is 2.85 bits per heavy atom. The summed E-state index contributed by atoms with van der Waals surface area (Å²) in [6.07, 6.45) is 0. The first-order valence-electron chi connectivity index (χ1n) is 6.70. The van der Waals surface area contributed by atoms with Crippen LogP contribution in [0.15, 0.2) is 35.7 Å². The van der Waals surface area contributed by atoms with E-state index in [2.05, 4.69) is 66.8 Å². The Bertz CT molecular complexity index is 711. The molecule has 0 aliphatic carbocycles. The molecule has 0 unspecified atom stereocenters. The molecule has 3 rings (SSSR count). The fraction of sp³-hybridized carbons (Fsp3) is 0.312. The fourth-order valence-corrected chi connectivity index (χ4v) is 3.97. The highest BCUT2D eigenvalue weighted by atomic mass is 32.1. The average Bonchev–Trinajstić information content (AvgIpc) is 3.05. The minimum Gasteiger partial charge on any atom is -0.361 e. The second-order valence-electron chi connectivity index (χ2n) is 5.70. The van der Waals surface area contributed by atoms with Gasteiger partial charge in [0.05, 0.1) is 10.2 Å². The quantitative estimate of drug-likeness (QED) is 0.729. The molecule has 0 saturated heterocycles. The first-order valence-corrected chi connectivity index (χ1v) is 8.39. The molecule has 0 bridgehead atoms. The topological polar surface area (TPSA) is 24.9 Å². The lowest BCUT2D eigenvalue weighted by Crippen LogP contribution is -2.26. The van der Waals surface area contributed by atoms with Gasteiger partial charge in [-0.2, -0.15) is 0 Å². The predicted octanol–water partition coefficient (Wildman–Crippen LogP) is 5.06. The number of thiazole rings is 1. The number of nitrogens with one attached hydrogen (secondary N) is 1. The van der Waals surface area contributed by atoms with Crippen LogP contribution in [-0.2, 0) is 5.41 Å². The lowest BCUT2D eigenvalue weighted by Gasteiger charge is -2.23. The minimum absolute atomic E-state index is 0.127. The minimum atomic E-state index is 0.127. The smallest absolute Gasteiger partial charge is 0.183 e. The summed E-state index contributed by atoms with van der Waals surface area (Å²) in [6, 6.07) is 10.7. The van der Waals surface area contributed by atoms with E-state index in [1.807, 2.05) is 11.3 Å². The summed E-state index contributed by atoms with van der Waals surface area (Å²) in [6.45, 7) is 7.55. The van der Waals surface area contributed by atoms with Crippen molar-refractivity contribution >= 4 is 38.0 Å². The fourth-order valence-electron chi connectivity index (χ4n) is 2.15. The highest BCUT2D eigenvalue weighted by molar-refractivity contribution is 7.22. The van der Waals surface area contributed by atoms with Gasteiger partial charge >= 0.3 is 0 Å². The Hall–Kier alpha value is -1.39. The molecule has 4 heteroatoms. The summed E-state index contributed by atoms with van der Waals surface area (Å²) in [5.41, 5.74) is 2.49. The van der Waals surface area contributed by atoms with Gasteiger partial charge in [0.1, 0.15) is 0 Å². The second-order valence-corrected chi connectivity index (χ2v) is 7.68. The Labute approximate surface area is 127 Å². The van der Waals surface area contributed by atoms with E-state index in [9.17, 15) is 0 Å². The van der Waals surface area contributed by atoms with E-state index < -0.39 is 0 Å². The maximum Gasteiger partial charge on any atom is 0.183 e. The molecular formula is C16H18N2S2. The molecule has 104 valence electrons. The number of thiophene rings is 1. The third-order valence-electron chi connectivity index (χ3n) is 3.41. The van der Waals surface area contributed by atoms with Crippen LogP contribution in [0.4, 0.5) is 5.13 Å². The van der Waals surface area contributed by atoms with Gasteiger partial charge in [-0.15, -0.1) is 11.3 Å². The molecule has 0 atom stereocenters. The van der Waals surface area contributed by atoms with Crippen molar-refractivity contribution in [3.63, 3.8) is 0 Å². The van der Waals surface area contributed by atoms with Crippen LogP contribution in [0.25, 0.3) is 10.2 Å². The van der Waals surface area contributed by atoms with Crippen LogP contribution in [-0.4, -0.2) is 11.5 Å². The lowest BCUT2D eigenvalue weighted by molar-refractivity contribution is 0.569. The van der Waals surface area contributed by atoms with Crippen LogP contribution in [0, 0.1) is 6.92 Å². The van der Waals surface area contributed by atoms with E-state index in [0.29, 0.717) is 0 Å². The third kappa shape index (κ3) is 2.72. The molecule has 20 heavy (non-hydrogen) atoms. The van der Waals surface area contributed by atoms with Crippen LogP contribution >= 0.6 is 22.7 Å². The first-order chi connectivity index (χ1) is 9.54. The molecule has 2 heterocycles. The zero-order valence-electron chi connectivity index (χ0n) is 11.9. The number of hydrogen-bond acceptors (Lipinski definition) is 4. The first kappa shape index (κ1) is 13.6. The molecule has 2 nitrogen and oxygen atoms in total. The van der Waals surface area contributed by atoms with Gasteiger partial charge in [0.25, 0.3) is 0 Å². The van der Waals surface area contributed by atoms with E-state index in [4.69, 9.17) is 0 Å². The van der Waals surface area contributed by atoms with Gasteiger partial charge in [0.2, 0.25) is 0 Å². The van der Waals surface area contributed by atoms with Crippen molar-refractivity contribution in [2.24, 2.45) is 0 Å². The summed E-state index contributed by atoms with van der Waals surface area (Å²) in [4.78, 5) is 6.05. The molecule has 0 aliphatic heterocycles. The third-order valence-corrected chi connectivity index (χ3v) is 5.63. The predicted molar refractivity (Wildman–Crippen MR) is 90.2 cm³/mol. The summed E-state index contributed by atoms with van der Waals surface area (Å²) in [7, 11) is 0. The second kappa shape index (κ2) is 5.19. The van der Waals surface area contributed by atoms with Gasteiger partial charge in [-0.3, -0.25) is 0 Å². The number of aryl methyl sites for hydroxylation is 1. The van der Waals surface area contributed by atoms with Crippen molar-refractivity contribution in [2.75, 3.05) is 11.9 Å². The van der Waals surface area contributed by atoms with E-state index in [1.165, 1.54) is 15.1 Å². The Morgan fingerprint density at radius 2 is 2.10 bits per heavy atom.